The summed E-state index contributed by atoms with van der Waals surface area (Å²) in [4.78, 5) is 29.1. The van der Waals surface area contributed by atoms with Gasteiger partial charge in [-0.05, 0) is 54.9 Å². The van der Waals surface area contributed by atoms with Crippen molar-refractivity contribution >= 4 is 17.5 Å². The molecule has 3 aromatic rings. The van der Waals surface area contributed by atoms with Crippen LogP contribution in [-0.2, 0) is 6.61 Å². The molecule has 7 heteroatoms. The average molecular weight is 473 g/mol. The number of para-hydroxylation sites is 2. The fourth-order valence-electron chi connectivity index (χ4n) is 4.23. The van der Waals surface area contributed by atoms with E-state index in [2.05, 4.69) is 39.4 Å². The summed E-state index contributed by atoms with van der Waals surface area (Å²) in [6, 6.07) is 24.7. The Balaban J connectivity index is 1.19. The number of nitrogens with two attached hydrogens (primary N) is 1. The highest BCUT2D eigenvalue weighted by Gasteiger charge is 2.16. The van der Waals surface area contributed by atoms with Crippen LogP contribution < -0.4 is 20.7 Å². The molecular weight excluding hydrogens is 440 g/mol. The highest BCUT2D eigenvalue weighted by Crippen LogP contribution is 2.19. The van der Waals surface area contributed by atoms with Crippen LogP contribution in [0.5, 0.6) is 5.75 Å². The van der Waals surface area contributed by atoms with Gasteiger partial charge in [0.05, 0.1) is 5.56 Å². The maximum atomic E-state index is 12.6. The Morgan fingerprint density at radius 1 is 0.886 bits per heavy atom. The molecule has 0 aromatic heterocycles. The maximum absolute atomic E-state index is 12.6. The molecule has 2 amide bonds. The van der Waals surface area contributed by atoms with Crippen LogP contribution in [0.2, 0.25) is 0 Å². The van der Waals surface area contributed by atoms with Gasteiger partial charge >= 0.3 is 0 Å². The fraction of sp³-hybridized carbons (Fsp3) is 0.286. The third-order valence-corrected chi connectivity index (χ3v) is 6.17. The lowest BCUT2D eigenvalue weighted by molar-refractivity contribution is 0.0950. The Labute approximate surface area is 206 Å². The predicted octanol–water partition coefficient (Wildman–Crippen LogP) is 3.31. The zero-order valence-corrected chi connectivity index (χ0v) is 19.9. The molecule has 3 N–H and O–H groups in total. The van der Waals surface area contributed by atoms with E-state index in [4.69, 9.17) is 10.5 Å². The van der Waals surface area contributed by atoms with E-state index in [0.717, 1.165) is 44.7 Å². The van der Waals surface area contributed by atoms with Gasteiger partial charge in [0, 0.05) is 44.0 Å². The van der Waals surface area contributed by atoms with Crippen LogP contribution in [0, 0.1) is 0 Å². The topological polar surface area (TPSA) is 87.9 Å². The first-order chi connectivity index (χ1) is 17.1. The van der Waals surface area contributed by atoms with Crippen molar-refractivity contribution in [2.75, 3.05) is 44.2 Å². The van der Waals surface area contributed by atoms with Crippen molar-refractivity contribution < 1.29 is 14.3 Å². The highest BCUT2D eigenvalue weighted by atomic mass is 16.5. The van der Waals surface area contributed by atoms with E-state index in [0.29, 0.717) is 23.4 Å². The van der Waals surface area contributed by atoms with Crippen molar-refractivity contribution in [3.8, 4) is 5.75 Å². The first kappa shape index (κ1) is 24.3. The molecule has 0 atom stereocenters. The predicted molar refractivity (Wildman–Crippen MR) is 138 cm³/mol. The molecule has 0 saturated carbocycles. The van der Waals surface area contributed by atoms with Gasteiger partial charge in [0.1, 0.15) is 12.4 Å². The van der Waals surface area contributed by atoms with E-state index in [9.17, 15) is 9.59 Å². The van der Waals surface area contributed by atoms with Crippen molar-refractivity contribution in [3.05, 3.63) is 95.6 Å². The number of carbonyl (C=O) groups excluding carboxylic acids is 2. The van der Waals surface area contributed by atoms with E-state index >= 15 is 0 Å². The van der Waals surface area contributed by atoms with Gasteiger partial charge in [-0.2, -0.15) is 0 Å². The van der Waals surface area contributed by atoms with Crippen molar-refractivity contribution in [2.24, 2.45) is 5.73 Å². The highest BCUT2D eigenvalue weighted by molar-refractivity contribution is 5.95. The minimum atomic E-state index is -0.535. The molecule has 1 heterocycles. The zero-order valence-electron chi connectivity index (χ0n) is 19.9. The number of nitrogens with one attached hydrogen (secondary N) is 1. The maximum Gasteiger partial charge on any atom is 0.252 e. The van der Waals surface area contributed by atoms with Crippen LogP contribution in [-0.4, -0.2) is 56.0 Å². The van der Waals surface area contributed by atoms with Gasteiger partial charge in [-0.3, -0.25) is 14.5 Å². The lowest BCUT2D eigenvalue weighted by Crippen LogP contribution is -2.47. The molecule has 1 fully saturated rings. The van der Waals surface area contributed by atoms with E-state index in [1.807, 2.05) is 24.3 Å². The molecule has 0 unspecified atom stereocenters. The van der Waals surface area contributed by atoms with Crippen LogP contribution in [0.3, 0.4) is 0 Å². The van der Waals surface area contributed by atoms with Gasteiger partial charge < -0.3 is 20.7 Å². The Bertz CT molecular complexity index is 1130. The SMILES string of the molecule is NC(=O)c1ccccc1OCc1cccc(C(=O)NCCCN2CCN(c3ccccc3)CC2)c1. The van der Waals surface area contributed by atoms with E-state index < -0.39 is 5.91 Å². The molecule has 0 bridgehead atoms. The van der Waals surface area contributed by atoms with Crippen LogP contribution in [0.15, 0.2) is 78.9 Å². The van der Waals surface area contributed by atoms with E-state index in [-0.39, 0.29) is 12.5 Å². The normalized spacial score (nSPS) is 13.9. The second kappa shape index (κ2) is 12.0. The molecule has 7 nitrogen and oxygen atoms in total. The summed E-state index contributed by atoms with van der Waals surface area (Å²) in [6.07, 6.45) is 0.907. The number of anilines is 1. The standard InChI is InChI=1S/C28H32N4O3/c29-27(33)25-12-4-5-13-26(25)35-21-22-8-6-9-23(20-22)28(34)30-14-7-15-31-16-18-32(19-17-31)24-10-2-1-3-11-24/h1-6,8-13,20H,7,14-19,21H2,(H2,29,33)(H,30,34). The molecule has 0 radical (unpaired) electrons. The molecule has 3 aromatic carbocycles. The molecule has 0 spiro atoms. The molecule has 1 aliphatic rings. The number of rotatable bonds is 10. The monoisotopic (exact) mass is 472 g/mol. The number of hydrogen-bond donors (Lipinski definition) is 2. The smallest absolute Gasteiger partial charge is 0.252 e. The molecular formula is C28H32N4O3. The fourth-order valence-corrected chi connectivity index (χ4v) is 4.23. The van der Waals surface area contributed by atoms with Gasteiger partial charge in [0.15, 0.2) is 0 Å². The number of amides is 2. The second-order valence-corrected chi connectivity index (χ2v) is 8.62. The Kier molecular flexibility index (Phi) is 8.35. The number of hydrogen-bond acceptors (Lipinski definition) is 5. The van der Waals surface area contributed by atoms with Gasteiger partial charge in [-0.1, -0.05) is 42.5 Å². The molecule has 4 rings (SSSR count). The molecule has 0 aliphatic carbocycles. The summed E-state index contributed by atoms with van der Waals surface area (Å²) in [7, 11) is 0. The largest absolute Gasteiger partial charge is 0.488 e. The number of benzene rings is 3. The molecule has 1 saturated heterocycles. The van der Waals surface area contributed by atoms with E-state index in [1.54, 1.807) is 30.3 Å². The van der Waals surface area contributed by atoms with Crippen molar-refractivity contribution in [1.82, 2.24) is 10.2 Å². The third-order valence-electron chi connectivity index (χ3n) is 6.17. The summed E-state index contributed by atoms with van der Waals surface area (Å²) in [5.41, 5.74) is 8.45. The lowest BCUT2D eigenvalue weighted by Gasteiger charge is -2.36. The number of piperazine rings is 1. The number of carbonyl (C=O) groups is 2. The van der Waals surface area contributed by atoms with Crippen molar-refractivity contribution in [2.45, 2.75) is 13.0 Å². The van der Waals surface area contributed by atoms with Crippen LogP contribution >= 0.6 is 0 Å². The second-order valence-electron chi connectivity index (χ2n) is 8.62. The summed E-state index contributed by atoms with van der Waals surface area (Å²) < 4.78 is 5.78. The van der Waals surface area contributed by atoms with Crippen molar-refractivity contribution in [3.63, 3.8) is 0 Å². The molecule has 182 valence electrons. The van der Waals surface area contributed by atoms with Crippen LogP contribution in [0.4, 0.5) is 5.69 Å². The van der Waals surface area contributed by atoms with Crippen LogP contribution in [0.1, 0.15) is 32.7 Å². The minimum absolute atomic E-state index is 0.0988. The van der Waals surface area contributed by atoms with Gasteiger partial charge in [-0.15, -0.1) is 0 Å². The van der Waals surface area contributed by atoms with Gasteiger partial charge in [0.25, 0.3) is 11.8 Å². The lowest BCUT2D eigenvalue weighted by atomic mass is 10.1. The van der Waals surface area contributed by atoms with Crippen molar-refractivity contribution in [1.29, 1.82) is 0 Å². The summed E-state index contributed by atoms with van der Waals surface area (Å²) in [5, 5.41) is 3.02. The Hall–Kier alpha value is -3.84. The number of primary amides is 1. The number of ether oxygens (including phenoxy) is 1. The van der Waals surface area contributed by atoms with Crippen LogP contribution in [0.25, 0.3) is 0 Å². The summed E-state index contributed by atoms with van der Waals surface area (Å²) >= 11 is 0. The summed E-state index contributed by atoms with van der Waals surface area (Å²) in [5.74, 6) is -0.204. The first-order valence-electron chi connectivity index (χ1n) is 12.0. The minimum Gasteiger partial charge on any atom is -0.488 e. The van der Waals surface area contributed by atoms with Gasteiger partial charge in [-0.25, -0.2) is 0 Å². The zero-order chi connectivity index (χ0) is 24.5. The Morgan fingerprint density at radius 3 is 2.40 bits per heavy atom. The van der Waals surface area contributed by atoms with E-state index in [1.165, 1.54) is 5.69 Å². The van der Waals surface area contributed by atoms with Gasteiger partial charge in [0.2, 0.25) is 0 Å². The number of nitrogens with zero attached hydrogens (tertiary/aromatic N) is 2. The molecule has 1 aliphatic heterocycles. The quantitative estimate of drug-likeness (QED) is 0.442. The molecule has 35 heavy (non-hydrogen) atoms. The summed E-state index contributed by atoms with van der Waals surface area (Å²) in [6.45, 7) is 5.94. The average Bonchev–Trinajstić information content (AvgIpc) is 2.91. The Morgan fingerprint density at radius 2 is 1.63 bits per heavy atom. The third kappa shape index (κ3) is 6.83. The first-order valence-corrected chi connectivity index (χ1v) is 12.0.